The summed E-state index contributed by atoms with van der Waals surface area (Å²) in [6.45, 7) is 0.133. The molecule has 0 bridgehead atoms. The van der Waals surface area contributed by atoms with Gasteiger partial charge in [0.1, 0.15) is 18.7 Å². The lowest BCUT2D eigenvalue weighted by Crippen LogP contribution is -2.22. The van der Waals surface area contributed by atoms with Crippen LogP contribution in [0.1, 0.15) is 48.4 Å². The Morgan fingerprint density at radius 1 is 1.21 bits per heavy atom. The van der Waals surface area contributed by atoms with Crippen molar-refractivity contribution in [3.63, 3.8) is 0 Å². The van der Waals surface area contributed by atoms with Gasteiger partial charge in [-0.25, -0.2) is 14.1 Å². The van der Waals surface area contributed by atoms with E-state index in [4.69, 9.17) is 4.52 Å². The lowest BCUT2D eigenvalue weighted by molar-refractivity contribution is 0.361. The van der Waals surface area contributed by atoms with Gasteiger partial charge in [0.2, 0.25) is 11.5 Å². The normalized spacial score (nSPS) is 19.2. The maximum absolute atomic E-state index is 13.1. The van der Waals surface area contributed by atoms with Crippen LogP contribution in [0.2, 0.25) is 0 Å². The number of aromatic nitrogens is 7. The first-order valence-corrected chi connectivity index (χ1v) is 9.41. The number of benzene rings is 1. The molecule has 0 N–H and O–H groups in total. The van der Waals surface area contributed by atoms with Crippen LogP contribution in [0.25, 0.3) is 11.2 Å². The number of fused-ring (bicyclic) bond motifs is 1. The molecule has 3 heterocycles. The summed E-state index contributed by atoms with van der Waals surface area (Å²) in [5.74, 6) is 1.31. The van der Waals surface area contributed by atoms with Crippen LogP contribution in [-0.4, -0.2) is 34.7 Å². The summed E-state index contributed by atoms with van der Waals surface area (Å²) in [6, 6.07) is 6.67. The van der Waals surface area contributed by atoms with Crippen LogP contribution < -0.4 is 5.56 Å². The minimum atomic E-state index is -0.264. The number of hydrogen-bond donors (Lipinski definition) is 0. The Hall–Kier alpha value is -3.43. The van der Waals surface area contributed by atoms with E-state index in [-0.39, 0.29) is 23.8 Å². The Balaban J connectivity index is 1.32. The topological polar surface area (TPSA) is 105 Å². The van der Waals surface area contributed by atoms with E-state index in [0.717, 1.165) is 24.8 Å². The van der Waals surface area contributed by atoms with Gasteiger partial charge >= 0.3 is 0 Å². The largest absolute Gasteiger partial charge is 0.337 e. The molecule has 29 heavy (non-hydrogen) atoms. The van der Waals surface area contributed by atoms with E-state index in [1.165, 1.54) is 27.7 Å². The van der Waals surface area contributed by atoms with E-state index in [1.54, 1.807) is 7.05 Å². The van der Waals surface area contributed by atoms with Crippen LogP contribution in [0, 0.1) is 5.82 Å². The van der Waals surface area contributed by atoms with Gasteiger partial charge in [0.15, 0.2) is 11.3 Å². The zero-order valence-electron chi connectivity index (χ0n) is 15.7. The van der Waals surface area contributed by atoms with Crippen molar-refractivity contribution < 1.29 is 8.91 Å². The molecule has 1 aliphatic carbocycles. The predicted molar refractivity (Wildman–Crippen MR) is 99.7 cm³/mol. The van der Waals surface area contributed by atoms with E-state index in [9.17, 15) is 9.18 Å². The number of rotatable bonds is 4. The lowest BCUT2D eigenvalue weighted by Gasteiger charge is -2.09. The Morgan fingerprint density at radius 2 is 2.00 bits per heavy atom. The average Bonchev–Trinajstić information content (AvgIpc) is 3.45. The summed E-state index contributed by atoms with van der Waals surface area (Å²) in [5.41, 5.74) is 1.50. The van der Waals surface area contributed by atoms with Gasteiger partial charge in [-0.05, 0) is 42.9 Å². The summed E-state index contributed by atoms with van der Waals surface area (Å²) >= 11 is 0. The molecule has 1 aromatic carbocycles. The molecule has 5 rings (SSSR count). The van der Waals surface area contributed by atoms with Gasteiger partial charge < -0.3 is 4.52 Å². The van der Waals surface area contributed by atoms with Gasteiger partial charge in [0.25, 0.3) is 5.56 Å². The first kappa shape index (κ1) is 17.7. The Morgan fingerprint density at radius 3 is 2.83 bits per heavy atom. The minimum absolute atomic E-state index is 0.133. The van der Waals surface area contributed by atoms with Crippen molar-refractivity contribution >= 4 is 11.2 Å². The average molecular weight is 395 g/mol. The second kappa shape index (κ2) is 6.87. The van der Waals surface area contributed by atoms with Crippen LogP contribution in [0.5, 0.6) is 0 Å². The van der Waals surface area contributed by atoms with E-state index in [2.05, 4.69) is 25.4 Å². The quantitative estimate of drug-likeness (QED) is 0.521. The third kappa shape index (κ3) is 3.20. The van der Waals surface area contributed by atoms with Gasteiger partial charge in [0, 0.05) is 13.0 Å². The van der Waals surface area contributed by atoms with E-state index >= 15 is 0 Å². The van der Waals surface area contributed by atoms with Crippen LogP contribution in [-0.2, 0) is 13.6 Å². The smallest absolute Gasteiger partial charge is 0.281 e. The molecule has 0 spiro atoms. The summed E-state index contributed by atoms with van der Waals surface area (Å²) < 4.78 is 21.3. The second-order valence-electron chi connectivity index (χ2n) is 7.37. The van der Waals surface area contributed by atoms with Crippen molar-refractivity contribution in [3.8, 4) is 0 Å². The molecule has 0 radical (unpaired) electrons. The molecule has 9 nitrogen and oxygen atoms in total. The number of hydrogen-bond acceptors (Lipinski definition) is 7. The fraction of sp³-hybridized carbons (Fsp3) is 0.368. The minimum Gasteiger partial charge on any atom is -0.337 e. The standard InChI is InChI=1S/C19H18FN7O2/c1-26-16-18(23-25-26)21-10-27(19(16)28)9-15-22-17(24-29-15)13-3-2-12(8-13)11-4-6-14(20)7-5-11/h4-7,10,12-13H,2-3,8-9H2,1H3. The van der Waals surface area contributed by atoms with Crippen LogP contribution in [0.4, 0.5) is 4.39 Å². The fourth-order valence-corrected chi connectivity index (χ4v) is 3.99. The molecule has 148 valence electrons. The van der Waals surface area contributed by atoms with E-state index < -0.39 is 0 Å². The monoisotopic (exact) mass is 395 g/mol. The molecule has 3 aromatic heterocycles. The molecule has 10 heteroatoms. The van der Waals surface area contributed by atoms with Crippen molar-refractivity contribution in [2.75, 3.05) is 0 Å². The number of nitrogens with zero attached hydrogens (tertiary/aromatic N) is 7. The van der Waals surface area contributed by atoms with Gasteiger partial charge in [-0.1, -0.05) is 22.5 Å². The molecule has 1 aliphatic rings. The first-order valence-electron chi connectivity index (χ1n) is 9.41. The van der Waals surface area contributed by atoms with Crippen molar-refractivity contribution in [1.82, 2.24) is 34.7 Å². The Bertz CT molecular complexity index is 1230. The van der Waals surface area contributed by atoms with Crippen LogP contribution in [0.3, 0.4) is 0 Å². The molecular formula is C19H18FN7O2. The van der Waals surface area contributed by atoms with E-state index in [0.29, 0.717) is 28.8 Å². The maximum Gasteiger partial charge on any atom is 0.281 e. The molecule has 0 saturated heterocycles. The molecule has 2 unspecified atom stereocenters. The van der Waals surface area contributed by atoms with Gasteiger partial charge in [-0.2, -0.15) is 4.98 Å². The second-order valence-corrected chi connectivity index (χ2v) is 7.37. The number of aryl methyl sites for hydroxylation is 1. The highest BCUT2D eigenvalue weighted by atomic mass is 19.1. The summed E-state index contributed by atoms with van der Waals surface area (Å²) in [7, 11) is 1.64. The molecule has 0 amide bonds. The molecule has 4 aromatic rings. The van der Waals surface area contributed by atoms with Gasteiger partial charge in [-0.3, -0.25) is 9.36 Å². The highest BCUT2D eigenvalue weighted by Gasteiger charge is 2.30. The summed E-state index contributed by atoms with van der Waals surface area (Å²) in [5, 5.41) is 11.8. The zero-order valence-corrected chi connectivity index (χ0v) is 15.7. The van der Waals surface area contributed by atoms with Crippen molar-refractivity contribution in [2.24, 2.45) is 7.05 Å². The highest BCUT2D eigenvalue weighted by Crippen LogP contribution is 2.42. The SMILES string of the molecule is Cn1nnc2ncn(Cc3nc(C4CCC(c5ccc(F)cc5)C4)no3)c(=O)c21. The Labute approximate surface area is 164 Å². The molecule has 1 saturated carbocycles. The van der Waals surface area contributed by atoms with Gasteiger partial charge in [0.05, 0.1) is 0 Å². The summed E-state index contributed by atoms with van der Waals surface area (Å²) in [6.07, 6.45) is 4.23. The molecule has 0 aliphatic heterocycles. The molecule has 2 atom stereocenters. The number of halogens is 1. The third-order valence-electron chi connectivity index (χ3n) is 5.52. The van der Waals surface area contributed by atoms with Gasteiger partial charge in [-0.15, -0.1) is 5.10 Å². The van der Waals surface area contributed by atoms with Crippen molar-refractivity contribution in [3.05, 3.63) is 64.0 Å². The van der Waals surface area contributed by atoms with E-state index in [1.807, 2.05) is 12.1 Å². The third-order valence-corrected chi connectivity index (χ3v) is 5.52. The first-order chi connectivity index (χ1) is 14.1. The molecular weight excluding hydrogens is 377 g/mol. The maximum atomic E-state index is 13.1. The zero-order chi connectivity index (χ0) is 20.0. The lowest BCUT2D eigenvalue weighted by atomic mass is 9.96. The fourth-order valence-electron chi connectivity index (χ4n) is 3.99. The Kier molecular flexibility index (Phi) is 4.18. The molecule has 1 fully saturated rings. The van der Waals surface area contributed by atoms with Crippen LogP contribution in [0.15, 0.2) is 39.9 Å². The van der Waals surface area contributed by atoms with Crippen molar-refractivity contribution in [2.45, 2.75) is 37.6 Å². The predicted octanol–water partition coefficient (Wildman–Crippen LogP) is 2.15. The summed E-state index contributed by atoms with van der Waals surface area (Å²) in [4.78, 5) is 21.2. The van der Waals surface area contributed by atoms with Crippen molar-refractivity contribution in [1.29, 1.82) is 0 Å². The highest BCUT2D eigenvalue weighted by molar-refractivity contribution is 5.67. The van der Waals surface area contributed by atoms with Crippen LogP contribution >= 0.6 is 0 Å².